The number of hydrogen-bond acceptors (Lipinski definition) is 5. The van der Waals surface area contributed by atoms with E-state index in [2.05, 4.69) is 17.0 Å². The van der Waals surface area contributed by atoms with E-state index in [1.54, 1.807) is 4.90 Å². The molecule has 1 aliphatic heterocycles. The number of likely N-dealkylation sites (N-methyl/N-ethyl adjacent to an activating group) is 1. The van der Waals surface area contributed by atoms with Crippen molar-refractivity contribution in [1.29, 1.82) is 0 Å². The Hall–Kier alpha value is -3.19. The van der Waals surface area contributed by atoms with Gasteiger partial charge in [-0.2, -0.15) is 0 Å². The summed E-state index contributed by atoms with van der Waals surface area (Å²) in [5.74, 6) is 1.98. The first-order valence-electron chi connectivity index (χ1n) is 14.9. The van der Waals surface area contributed by atoms with Crippen molar-refractivity contribution in [1.82, 2.24) is 14.7 Å². The first-order valence-corrected chi connectivity index (χ1v) is 14.9. The first-order chi connectivity index (χ1) is 19.4. The van der Waals surface area contributed by atoms with Gasteiger partial charge in [0.1, 0.15) is 0 Å². The van der Waals surface area contributed by atoms with Crippen LogP contribution < -0.4 is 0 Å². The lowest BCUT2D eigenvalue weighted by atomic mass is 9.49. The average Bonchev–Trinajstić information content (AvgIpc) is 2.97. The lowest BCUT2D eigenvalue weighted by Gasteiger charge is -2.56. The summed E-state index contributed by atoms with van der Waals surface area (Å²) in [5, 5.41) is 0. The molecule has 1 unspecified atom stereocenters. The highest BCUT2D eigenvalue weighted by Gasteiger charge is 2.55. The highest BCUT2D eigenvalue weighted by Crippen LogP contribution is 2.60. The van der Waals surface area contributed by atoms with Gasteiger partial charge in [-0.05, 0) is 73.5 Å². The van der Waals surface area contributed by atoms with Crippen LogP contribution in [-0.2, 0) is 14.3 Å². The Morgan fingerprint density at radius 1 is 0.875 bits per heavy atom. The summed E-state index contributed by atoms with van der Waals surface area (Å²) >= 11 is 0. The van der Waals surface area contributed by atoms with E-state index >= 15 is 0 Å². The van der Waals surface area contributed by atoms with Gasteiger partial charge < -0.3 is 14.5 Å². The van der Waals surface area contributed by atoms with Gasteiger partial charge in [-0.25, -0.2) is 4.79 Å². The van der Waals surface area contributed by atoms with Crippen molar-refractivity contribution in [3.05, 3.63) is 71.3 Å². The van der Waals surface area contributed by atoms with E-state index in [-0.39, 0.29) is 35.8 Å². The zero-order valence-electron chi connectivity index (χ0n) is 23.8. The summed E-state index contributed by atoms with van der Waals surface area (Å²) in [6.45, 7) is 2.67. The van der Waals surface area contributed by atoms with Crippen LogP contribution in [0, 0.1) is 23.2 Å². The molecule has 5 aliphatic rings. The molecule has 0 spiro atoms. The second-order valence-electron chi connectivity index (χ2n) is 12.7. The predicted molar refractivity (Wildman–Crippen MR) is 152 cm³/mol. The van der Waals surface area contributed by atoms with Gasteiger partial charge in [0.25, 0.3) is 0 Å². The van der Waals surface area contributed by atoms with Crippen LogP contribution >= 0.6 is 0 Å². The minimum atomic E-state index is -0.350. The van der Waals surface area contributed by atoms with E-state index in [1.165, 1.54) is 26.4 Å². The fourth-order valence-corrected chi connectivity index (χ4v) is 8.64. The highest BCUT2D eigenvalue weighted by molar-refractivity contribution is 5.91. The summed E-state index contributed by atoms with van der Waals surface area (Å²) in [5.41, 5.74) is 2.33. The van der Waals surface area contributed by atoms with E-state index < -0.39 is 0 Å². The van der Waals surface area contributed by atoms with Crippen LogP contribution in [0.15, 0.2) is 54.6 Å². The van der Waals surface area contributed by atoms with Crippen molar-refractivity contribution in [2.45, 2.75) is 44.6 Å². The van der Waals surface area contributed by atoms with Crippen molar-refractivity contribution >= 4 is 17.8 Å². The summed E-state index contributed by atoms with van der Waals surface area (Å²) in [7, 11) is 3.23. The number of rotatable bonds is 7. The Labute approximate surface area is 237 Å². The molecule has 40 heavy (non-hydrogen) atoms. The summed E-state index contributed by atoms with van der Waals surface area (Å²) in [6, 6.07) is 17.7. The van der Waals surface area contributed by atoms with Crippen LogP contribution in [0.3, 0.4) is 0 Å². The molecule has 2 aromatic carbocycles. The largest absolute Gasteiger partial charge is 0.465 e. The Morgan fingerprint density at radius 3 is 2.05 bits per heavy atom. The van der Waals surface area contributed by atoms with Crippen molar-refractivity contribution in [3.63, 3.8) is 0 Å². The van der Waals surface area contributed by atoms with Gasteiger partial charge in [0.15, 0.2) is 0 Å². The van der Waals surface area contributed by atoms with Gasteiger partial charge in [-0.3, -0.25) is 14.5 Å². The Kier molecular flexibility index (Phi) is 7.43. The molecule has 212 valence electrons. The molecule has 1 saturated heterocycles. The minimum Gasteiger partial charge on any atom is -0.465 e. The van der Waals surface area contributed by atoms with E-state index in [0.29, 0.717) is 49.5 Å². The molecule has 0 aromatic heterocycles. The van der Waals surface area contributed by atoms with Gasteiger partial charge in [-0.15, -0.1) is 0 Å². The number of carbonyl (C=O) groups is 3. The number of methoxy groups -OCH3 is 1. The number of esters is 1. The lowest BCUT2D eigenvalue weighted by Crippen LogP contribution is -2.56. The molecule has 4 bridgehead atoms. The number of carbonyl (C=O) groups excluding carboxylic acids is 3. The molecule has 1 atom stereocenters. The minimum absolute atomic E-state index is 0.0199. The normalized spacial score (nSPS) is 28.2. The second-order valence-corrected chi connectivity index (χ2v) is 12.7. The van der Waals surface area contributed by atoms with Gasteiger partial charge in [-0.1, -0.05) is 48.5 Å². The fraction of sp³-hybridized carbons (Fsp3) is 0.545. The standard InChI is InChI=1S/C33H41N3O4/c1-34(32(39)33-19-23-16-24(20-33)18-25(17-23)21-33)22-29(37)35-12-14-36(15-13-35)30(26-8-4-3-5-9-26)27-10-6-7-11-28(27)31(38)40-2/h3-11,23-25,30H,12-22H2,1-2H3. The van der Waals surface area contributed by atoms with Crippen LogP contribution in [0.25, 0.3) is 0 Å². The van der Waals surface area contributed by atoms with Crippen LogP contribution in [-0.4, -0.2) is 79.4 Å². The molecule has 7 nitrogen and oxygen atoms in total. The van der Waals surface area contributed by atoms with Crippen molar-refractivity contribution < 1.29 is 19.1 Å². The van der Waals surface area contributed by atoms with Crippen molar-refractivity contribution in [2.24, 2.45) is 23.2 Å². The third kappa shape index (κ3) is 5.05. The number of amides is 2. The highest BCUT2D eigenvalue weighted by atomic mass is 16.5. The first kappa shape index (κ1) is 27.0. The Bertz CT molecular complexity index is 1220. The molecule has 7 rings (SSSR count). The number of ether oxygens (including phenoxy) is 1. The smallest absolute Gasteiger partial charge is 0.338 e. The van der Waals surface area contributed by atoms with E-state index in [0.717, 1.165) is 30.4 Å². The molecular formula is C33H41N3O4. The van der Waals surface area contributed by atoms with Crippen molar-refractivity contribution in [3.8, 4) is 0 Å². The average molecular weight is 544 g/mol. The van der Waals surface area contributed by atoms with Gasteiger partial charge in [0.2, 0.25) is 11.8 Å². The Balaban J connectivity index is 1.12. The third-order valence-corrected chi connectivity index (χ3v) is 10.0. The molecular weight excluding hydrogens is 502 g/mol. The molecule has 7 heteroatoms. The zero-order chi connectivity index (χ0) is 27.9. The maximum Gasteiger partial charge on any atom is 0.338 e. The summed E-state index contributed by atoms with van der Waals surface area (Å²) < 4.78 is 5.09. The van der Waals surface area contributed by atoms with Crippen LogP contribution in [0.2, 0.25) is 0 Å². The van der Waals surface area contributed by atoms with Gasteiger partial charge in [0, 0.05) is 33.2 Å². The number of piperazine rings is 1. The predicted octanol–water partition coefficient (Wildman–Crippen LogP) is 4.38. The monoisotopic (exact) mass is 543 g/mol. The molecule has 2 amide bonds. The second kappa shape index (κ2) is 11.0. The number of hydrogen-bond donors (Lipinski definition) is 0. The molecule has 5 fully saturated rings. The topological polar surface area (TPSA) is 70.2 Å². The van der Waals surface area contributed by atoms with E-state index in [1.807, 2.05) is 54.4 Å². The quantitative estimate of drug-likeness (QED) is 0.485. The maximum absolute atomic E-state index is 13.7. The van der Waals surface area contributed by atoms with Gasteiger partial charge >= 0.3 is 5.97 Å². The zero-order valence-corrected chi connectivity index (χ0v) is 23.8. The lowest BCUT2D eigenvalue weighted by molar-refractivity contribution is -0.159. The molecule has 4 saturated carbocycles. The number of nitrogens with zero attached hydrogens (tertiary/aromatic N) is 3. The molecule has 0 radical (unpaired) electrons. The van der Waals surface area contributed by atoms with Crippen molar-refractivity contribution in [2.75, 3.05) is 46.9 Å². The molecule has 4 aliphatic carbocycles. The summed E-state index contributed by atoms with van der Waals surface area (Å²) in [4.78, 5) is 45.7. The van der Waals surface area contributed by atoms with E-state index in [4.69, 9.17) is 4.74 Å². The SMILES string of the molecule is COC(=O)c1ccccc1C(c1ccccc1)N1CCN(C(=O)CN(C)C(=O)C23CC4CC(CC(C4)C2)C3)CC1. The molecule has 2 aromatic rings. The van der Waals surface area contributed by atoms with Gasteiger partial charge in [0.05, 0.1) is 30.7 Å². The molecule has 0 N–H and O–H groups in total. The summed E-state index contributed by atoms with van der Waals surface area (Å²) in [6.07, 6.45) is 6.95. The van der Waals surface area contributed by atoms with Crippen LogP contribution in [0.4, 0.5) is 0 Å². The maximum atomic E-state index is 13.7. The number of benzene rings is 2. The third-order valence-electron chi connectivity index (χ3n) is 10.0. The Morgan fingerprint density at radius 2 is 1.45 bits per heavy atom. The molecule has 1 heterocycles. The fourth-order valence-electron chi connectivity index (χ4n) is 8.64. The van der Waals surface area contributed by atoms with Crippen LogP contribution in [0.1, 0.15) is 66.1 Å². The van der Waals surface area contributed by atoms with E-state index in [9.17, 15) is 14.4 Å². The van der Waals surface area contributed by atoms with Crippen LogP contribution in [0.5, 0.6) is 0 Å².